The van der Waals surface area contributed by atoms with Crippen LogP contribution in [-0.4, -0.2) is 17.3 Å². The van der Waals surface area contributed by atoms with Crippen LogP contribution in [0, 0.1) is 0 Å². The molecule has 0 radical (unpaired) electrons. The van der Waals surface area contributed by atoms with Gasteiger partial charge in [-0.1, -0.05) is 6.07 Å². The molecule has 3 nitrogen and oxygen atoms in total. The fraction of sp³-hybridized carbons (Fsp3) is 0.333. The van der Waals surface area contributed by atoms with E-state index in [9.17, 15) is 4.79 Å². The molecule has 1 aromatic rings. The molecule has 1 N–H and O–H groups in total. The molecule has 0 aromatic carbocycles. The highest BCUT2D eigenvalue weighted by molar-refractivity contribution is 5.86. The van der Waals surface area contributed by atoms with Crippen molar-refractivity contribution in [1.29, 1.82) is 0 Å². The van der Waals surface area contributed by atoms with Crippen molar-refractivity contribution in [3.8, 4) is 0 Å². The van der Waals surface area contributed by atoms with Gasteiger partial charge in [-0.2, -0.15) is 0 Å². The normalized spacial score (nSPS) is 23.0. The topological polar surface area (TPSA) is 42.0 Å². The molecule has 1 aromatic heterocycles. The van der Waals surface area contributed by atoms with Gasteiger partial charge in [0.1, 0.15) is 6.04 Å². The first-order valence-corrected chi connectivity index (χ1v) is 4.05. The van der Waals surface area contributed by atoms with E-state index in [1.54, 1.807) is 6.20 Å². The second-order valence-electron chi connectivity index (χ2n) is 2.86. The Morgan fingerprint density at radius 3 is 3.00 bits per heavy atom. The molecular weight excluding hydrogens is 152 g/mol. The van der Waals surface area contributed by atoms with Crippen LogP contribution in [0.15, 0.2) is 24.4 Å². The van der Waals surface area contributed by atoms with Gasteiger partial charge in [0.05, 0.1) is 5.69 Å². The maximum Gasteiger partial charge on any atom is 0.157 e. The number of nitrogens with one attached hydrogen (secondary N) is 1. The van der Waals surface area contributed by atoms with E-state index in [2.05, 4.69) is 10.3 Å². The zero-order valence-electron chi connectivity index (χ0n) is 6.66. The minimum Gasteiger partial charge on any atom is -0.302 e. The predicted octanol–water partition coefficient (Wildman–Crippen LogP) is 0.685. The number of aromatic nitrogens is 1. The lowest BCUT2D eigenvalue weighted by Gasteiger charge is -2.06. The molecule has 62 valence electrons. The van der Waals surface area contributed by atoms with Crippen LogP contribution >= 0.6 is 0 Å². The number of ketones is 1. The molecule has 1 fully saturated rings. The molecule has 12 heavy (non-hydrogen) atoms. The molecule has 0 aliphatic carbocycles. The van der Waals surface area contributed by atoms with Crippen LogP contribution in [0.1, 0.15) is 18.2 Å². The zero-order chi connectivity index (χ0) is 8.39. The lowest BCUT2D eigenvalue weighted by atomic mass is 10.1. The van der Waals surface area contributed by atoms with Gasteiger partial charge in [0, 0.05) is 19.2 Å². The molecule has 1 aliphatic heterocycles. The smallest absolute Gasteiger partial charge is 0.157 e. The summed E-state index contributed by atoms with van der Waals surface area (Å²) in [6.45, 7) is 0.778. The summed E-state index contributed by atoms with van der Waals surface area (Å²) >= 11 is 0. The summed E-state index contributed by atoms with van der Waals surface area (Å²) in [6, 6.07) is 5.46. The van der Waals surface area contributed by atoms with E-state index in [1.807, 2.05) is 18.2 Å². The van der Waals surface area contributed by atoms with Gasteiger partial charge < -0.3 is 5.32 Å². The van der Waals surface area contributed by atoms with E-state index in [0.29, 0.717) is 6.42 Å². The highest BCUT2D eigenvalue weighted by atomic mass is 16.1. The van der Waals surface area contributed by atoms with Crippen molar-refractivity contribution < 1.29 is 4.79 Å². The molecule has 0 bridgehead atoms. The Hall–Kier alpha value is -1.22. The lowest BCUT2D eigenvalue weighted by molar-refractivity contribution is -0.118. The van der Waals surface area contributed by atoms with Crippen LogP contribution in [-0.2, 0) is 4.79 Å². The number of hydrogen-bond donors (Lipinski definition) is 1. The van der Waals surface area contributed by atoms with Gasteiger partial charge in [-0.05, 0) is 12.1 Å². The van der Waals surface area contributed by atoms with Gasteiger partial charge in [0.25, 0.3) is 0 Å². The van der Waals surface area contributed by atoms with Crippen molar-refractivity contribution in [2.75, 3.05) is 6.54 Å². The first-order valence-electron chi connectivity index (χ1n) is 4.05. The second kappa shape index (κ2) is 3.03. The van der Waals surface area contributed by atoms with E-state index in [-0.39, 0.29) is 11.8 Å². The van der Waals surface area contributed by atoms with Crippen LogP contribution in [0.5, 0.6) is 0 Å². The van der Waals surface area contributed by atoms with Crippen LogP contribution in [0.4, 0.5) is 0 Å². The number of Topliss-reactive ketones (excluding diaryl/α,β-unsaturated/α-hetero) is 1. The number of rotatable bonds is 1. The van der Waals surface area contributed by atoms with E-state index >= 15 is 0 Å². The van der Waals surface area contributed by atoms with Gasteiger partial charge in [0.15, 0.2) is 5.78 Å². The monoisotopic (exact) mass is 162 g/mol. The Bertz CT molecular complexity index is 284. The lowest BCUT2D eigenvalue weighted by Crippen LogP contribution is -2.18. The molecule has 0 spiro atoms. The Balaban J connectivity index is 2.25. The van der Waals surface area contributed by atoms with E-state index in [4.69, 9.17) is 0 Å². The molecule has 2 heterocycles. The summed E-state index contributed by atoms with van der Waals surface area (Å²) in [7, 11) is 0. The molecule has 3 heteroatoms. The highest BCUT2D eigenvalue weighted by Gasteiger charge is 2.25. The van der Waals surface area contributed by atoms with Crippen molar-refractivity contribution in [2.45, 2.75) is 12.5 Å². The molecule has 0 saturated carbocycles. The van der Waals surface area contributed by atoms with Gasteiger partial charge >= 0.3 is 0 Å². The first kappa shape index (κ1) is 7.43. The van der Waals surface area contributed by atoms with Gasteiger partial charge in [0.2, 0.25) is 0 Å². The standard InChI is InChI=1S/C9H10N2O/c12-8-4-6-11-9(8)7-3-1-2-5-10-7/h1-3,5,9,11H,4,6H2. The first-order chi connectivity index (χ1) is 5.88. The molecule has 2 rings (SSSR count). The minimum absolute atomic E-state index is 0.161. The highest BCUT2D eigenvalue weighted by Crippen LogP contribution is 2.16. The van der Waals surface area contributed by atoms with E-state index in [1.165, 1.54) is 0 Å². The molecule has 1 aliphatic rings. The van der Waals surface area contributed by atoms with E-state index in [0.717, 1.165) is 12.2 Å². The summed E-state index contributed by atoms with van der Waals surface area (Å²) < 4.78 is 0. The van der Waals surface area contributed by atoms with Crippen LogP contribution in [0.2, 0.25) is 0 Å². The Morgan fingerprint density at radius 1 is 1.50 bits per heavy atom. The summed E-state index contributed by atoms with van der Waals surface area (Å²) in [6.07, 6.45) is 2.34. The predicted molar refractivity (Wildman–Crippen MR) is 44.6 cm³/mol. The summed E-state index contributed by atoms with van der Waals surface area (Å²) in [5, 5.41) is 3.11. The Morgan fingerprint density at radius 2 is 2.42 bits per heavy atom. The minimum atomic E-state index is -0.161. The molecule has 1 saturated heterocycles. The number of pyridine rings is 1. The fourth-order valence-electron chi connectivity index (χ4n) is 1.41. The van der Waals surface area contributed by atoms with Crippen molar-refractivity contribution in [2.24, 2.45) is 0 Å². The van der Waals surface area contributed by atoms with Crippen molar-refractivity contribution in [3.05, 3.63) is 30.1 Å². The largest absolute Gasteiger partial charge is 0.302 e. The maximum absolute atomic E-state index is 11.3. The van der Waals surface area contributed by atoms with E-state index < -0.39 is 0 Å². The summed E-state index contributed by atoms with van der Waals surface area (Å²) in [5.74, 6) is 0.244. The van der Waals surface area contributed by atoms with Crippen LogP contribution in [0.25, 0.3) is 0 Å². The van der Waals surface area contributed by atoms with Crippen molar-refractivity contribution in [1.82, 2.24) is 10.3 Å². The van der Waals surface area contributed by atoms with Gasteiger partial charge in [-0.15, -0.1) is 0 Å². The van der Waals surface area contributed by atoms with Crippen LogP contribution in [0.3, 0.4) is 0 Å². The third-order valence-corrected chi connectivity index (χ3v) is 2.03. The van der Waals surface area contributed by atoms with Crippen molar-refractivity contribution in [3.63, 3.8) is 0 Å². The average molecular weight is 162 g/mol. The average Bonchev–Trinajstić information content (AvgIpc) is 2.53. The summed E-state index contributed by atoms with van der Waals surface area (Å²) in [4.78, 5) is 15.4. The SMILES string of the molecule is O=C1CCNC1c1ccccn1. The Kier molecular flexibility index (Phi) is 1.87. The second-order valence-corrected chi connectivity index (χ2v) is 2.86. The summed E-state index contributed by atoms with van der Waals surface area (Å²) in [5.41, 5.74) is 0.833. The number of carbonyl (C=O) groups excluding carboxylic acids is 1. The van der Waals surface area contributed by atoms with Gasteiger partial charge in [-0.25, -0.2) is 0 Å². The molecule has 1 unspecified atom stereocenters. The third-order valence-electron chi connectivity index (χ3n) is 2.03. The molecule has 0 amide bonds. The fourth-order valence-corrected chi connectivity index (χ4v) is 1.41. The molecule has 1 atom stereocenters. The zero-order valence-corrected chi connectivity index (χ0v) is 6.66. The Labute approximate surface area is 70.8 Å². The third kappa shape index (κ3) is 1.23. The quantitative estimate of drug-likeness (QED) is 0.660. The van der Waals surface area contributed by atoms with Crippen LogP contribution < -0.4 is 5.32 Å². The number of carbonyl (C=O) groups is 1. The molecular formula is C9H10N2O. The van der Waals surface area contributed by atoms with Crippen molar-refractivity contribution >= 4 is 5.78 Å². The number of hydrogen-bond acceptors (Lipinski definition) is 3. The number of nitrogens with zero attached hydrogens (tertiary/aromatic N) is 1. The maximum atomic E-state index is 11.3. The van der Waals surface area contributed by atoms with Gasteiger partial charge in [-0.3, -0.25) is 9.78 Å².